The molecule has 1 aliphatic rings. The predicted molar refractivity (Wildman–Crippen MR) is 75.1 cm³/mol. The number of anilines is 1. The molecule has 1 fully saturated rings. The van der Waals surface area contributed by atoms with Crippen LogP contribution >= 0.6 is 0 Å². The Morgan fingerprint density at radius 2 is 2.17 bits per heavy atom. The Morgan fingerprint density at radius 1 is 1.44 bits per heavy atom. The third-order valence-corrected chi connectivity index (χ3v) is 3.78. The molecule has 98 valence electrons. The molecule has 0 aliphatic heterocycles. The fraction of sp³-hybridized carbons (Fsp3) is 0.533. The first-order chi connectivity index (χ1) is 8.63. The van der Waals surface area contributed by atoms with Crippen molar-refractivity contribution in [1.82, 2.24) is 4.90 Å². The molecule has 0 saturated heterocycles. The predicted octanol–water partition coefficient (Wildman–Crippen LogP) is 3.05. The van der Waals surface area contributed by atoms with Crippen LogP contribution in [-0.2, 0) is 0 Å². The molecule has 0 unspecified atom stereocenters. The Bertz CT molecular complexity index is 438. The van der Waals surface area contributed by atoms with Crippen LogP contribution < -0.4 is 5.32 Å². The number of carbonyl (C=O) groups excluding carboxylic acids is 1. The number of rotatable bonds is 4. The van der Waals surface area contributed by atoms with Gasteiger partial charge in [-0.3, -0.25) is 4.79 Å². The van der Waals surface area contributed by atoms with E-state index >= 15 is 0 Å². The minimum atomic E-state index is 0.153. The summed E-state index contributed by atoms with van der Waals surface area (Å²) in [5.41, 5.74) is 2.95. The fourth-order valence-corrected chi connectivity index (χ4v) is 2.35. The van der Waals surface area contributed by atoms with Crippen LogP contribution in [0, 0.1) is 6.92 Å². The molecule has 18 heavy (non-hydrogen) atoms. The monoisotopic (exact) mass is 246 g/mol. The molecule has 1 N–H and O–H groups in total. The third kappa shape index (κ3) is 2.50. The maximum Gasteiger partial charge on any atom is 0.254 e. The minimum absolute atomic E-state index is 0.153. The van der Waals surface area contributed by atoms with Crippen LogP contribution in [0.1, 0.15) is 42.1 Å². The summed E-state index contributed by atoms with van der Waals surface area (Å²) < 4.78 is 0. The smallest absolute Gasteiger partial charge is 0.254 e. The van der Waals surface area contributed by atoms with Crippen LogP contribution in [-0.4, -0.2) is 30.4 Å². The van der Waals surface area contributed by atoms with Gasteiger partial charge in [-0.25, -0.2) is 0 Å². The molecule has 1 aromatic carbocycles. The maximum absolute atomic E-state index is 12.4. The first kappa shape index (κ1) is 12.9. The van der Waals surface area contributed by atoms with Crippen molar-refractivity contribution in [2.24, 2.45) is 0 Å². The summed E-state index contributed by atoms with van der Waals surface area (Å²) in [6.45, 7) is 4.97. The normalized spacial score (nSPS) is 15.1. The molecule has 0 heterocycles. The molecule has 3 nitrogen and oxygen atoms in total. The number of carbonyl (C=O) groups is 1. The first-order valence-corrected chi connectivity index (χ1v) is 6.75. The third-order valence-electron chi connectivity index (χ3n) is 3.78. The molecule has 0 aromatic heterocycles. The first-order valence-electron chi connectivity index (χ1n) is 6.75. The molecule has 0 radical (unpaired) electrons. The topological polar surface area (TPSA) is 32.3 Å². The second-order valence-electron chi connectivity index (χ2n) is 5.06. The molecule has 1 aliphatic carbocycles. The van der Waals surface area contributed by atoms with Crippen LogP contribution in [0.5, 0.6) is 0 Å². The van der Waals surface area contributed by atoms with Gasteiger partial charge in [0.25, 0.3) is 5.91 Å². The fourth-order valence-electron chi connectivity index (χ4n) is 2.35. The lowest BCUT2D eigenvalue weighted by molar-refractivity contribution is 0.0651. The molecule has 1 amide bonds. The van der Waals surface area contributed by atoms with Crippen molar-refractivity contribution in [2.75, 3.05) is 18.9 Å². The highest BCUT2D eigenvalue weighted by molar-refractivity contribution is 5.96. The van der Waals surface area contributed by atoms with Crippen molar-refractivity contribution in [3.8, 4) is 0 Å². The largest absolute Gasteiger partial charge is 0.385 e. The van der Waals surface area contributed by atoms with Crippen molar-refractivity contribution < 1.29 is 4.79 Å². The highest BCUT2D eigenvalue weighted by Gasteiger charge is 2.26. The number of hydrogen-bond acceptors (Lipinski definition) is 2. The number of nitrogens with zero attached hydrogens (tertiary/aromatic N) is 1. The van der Waals surface area contributed by atoms with Gasteiger partial charge in [-0.05, 0) is 56.9 Å². The molecular weight excluding hydrogens is 224 g/mol. The van der Waals surface area contributed by atoms with E-state index in [1.165, 1.54) is 6.42 Å². The molecule has 0 atom stereocenters. The summed E-state index contributed by atoms with van der Waals surface area (Å²) >= 11 is 0. The van der Waals surface area contributed by atoms with Crippen LogP contribution in [0.2, 0.25) is 0 Å². The Balaban J connectivity index is 2.14. The van der Waals surface area contributed by atoms with Crippen molar-refractivity contribution in [3.63, 3.8) is 0 Å². The van der Waals surface area contributed by atoms with Gasteiger partial charge in [-0.1, -0.05) is 0 Å². The summed E-state index contributed by atoms with van der Waals surface area (Å²) in [5, 5.41) is 3.26. The summed E-state index contributed by atoms with van der Waals surface area (Å²) in [4.78, 5) is 14.3. The van der Waals surface area contributed by atoms with E-state index in [0.717, 1.165) is 36.2 Å². The number of hydrogen-bond donors (Lipinski definition) is 1. The van der Waals surface area contributed by atoms with E-state index in [2.05, 4.69) is 12.2 Å². The molecule has 0 bridgehead atoms. The Hall–Kier alpha value is -1.51. The van der Waals surface area contributed by atoms with E-state index in [1.54, 1.807) is 0 Å². The van der Waals surface area contributed by atoms with E-state index in [9.17, 15) is 4.79 Å². The van der Waals surface area contributed by atoms with Gasteiger partial charge in [-0.15, -0.1) is 0 Å². The lowest BCUT2D eigenvalue weighted by Crippen LogP contribution is -2.41. The van der Waals surface area contributed by atoms with Crippen molar-refractivity contribution in [3.05, 3.63) is 29.3 Å². The molecule has 3 heteroatoms. The summed E-state index contributed by atoms with van der Waals surface area (Å²) in [7, 11) is 1.92. The lowest BCUT2D eigenvalue weighted by Gasteiger charge is -2.35. The highest BCUT2D eigenvalue weighted by Crippen LogP contribution is 2.26. The number of amides is 1. The minimum Gasteiger partial charge on any atom is -0.385 e. The summed E-state index contributed by atoms with van der Waals surface area (Å²) in [6, 6.07) is 6.42. The van der Waals surface area contributed by atoms with Gasteiger partial charge in [0.1, 0.15) is 0 Å². The standard InChI is InChI=1S/C15H22N2O/c1-4-16-12-8-9-14(11(2)10-12)15(18)17(3)13-6-5-7-13/h8-10,13,16H,4-7H2,1-3H3. The Kier molecular flexibility index (Phi) is 3.90. The molecular formula is C15H22N2O. The average molecular weight is 246 g/mol. The summed E-state index contributed by atoms with van der Waals surface area (Å²) in [5.74, 6) is 0.153. The van der Waals surface area contributed by atoms with Crippen LogP contribution in [0.3, 0.4) is 0 Å². The Morgan fingerprint density at radius 3 is 2.67 bits per heavy atom. The van der Waals surface area contributed by atoms with Crippen LogP contribution in [0.25, 0.3) is 0 Å². The second-order valence-corrected chi connectivity index (χ2v) is 5.06. The molecule has 0 spiro atoms. The number of benzene rings is 1. The lowest BCUT2D eigenvalue weighted by atomic mass is 9.91. The van der Waals surface area contributed by atoms with Gasteiger partial charge < -0.3 is 10.2 Å². The Labute approximate surface area is 109 Å². The van der Waals surface area contributed by atoms with Crippen LogP contribution in [0.15, 0.2) is 18.2 Å². The van der Waals surface area contributed by atoms with E-state index in [0.29, 0.717) is 6.04 Å². The van der Waals surface area contributed by atoms with Gasteiger partial charge in [-0.2, -0.15) is 0 Å². The average Bonchev–Trinajstić information content (AvgIpc) is 2.26. The van der Waals surface area contributed by atoms with Gasteiger partial charge >= 0.3 is 0 Å². The van der Waals surface area contributed by atoms with E-state index in [-0.39, 0.29) is 5.91 Å². The van der Waals surface area contributed by atoms with Gasteiger partial charge in [0.05, 0.1) is 0 Å². The van der Waals surface area contributed by atoms with Crippen molar-refractivity contribution in [2.45, 2.75) is 39.2 Å². The zero-order valence-corrected chi connectivity index (χ0v) is 11.5. The molecule has 1 aromatic rings. The zero-order valence-electron chi connectivity index (χ0n) is 11.5. The SMILES string of the molecule is CCNc1ccc(C(=O)N(C)C2CCC2)c(C)c1. The summed E-state index contributed by atoms with van der Waals surface area (Å²) in [6.07, 6.45) is 3.55. The molecule has 1 saturated carbocycles. The maximum atomic E-state index is 12.4. The van der Waals surface area contributed by atoms with E-state index in [4.69, 9.17) is 0 Å². The highest BCUT2D eigenvalue weighted by atomic mass is 16.2. The van der Waals surface area contributed by atoms with Gasteiger partial charge in [0.15, 0.2) is 0 Å². The van der Waals surface area contributed by atoms with E-state index < -0.39 is 0 Å². The van der Waals surface area contributed by atoms with Gasteiger partial charge in [0, 0.05) is 30.9 Å². The van der Waals surface area contributed by atoms with Gasteiger partial charge in [0.2, 0.25) is 0 Å². The zero-order chi connectivity index (χ0) is 13.1. The number of nitrogens with one attached hydrogen (secondary N) is 1. The van der Waals surface area contributed by atoms with Crippen molar-refractivity contribution in [1.29, 1.82) is 0 Å². The van der Waals surface area contributed by atoms with E-state index in [1.807, 2.05) is 37.1 Å². The quantitative estimate of drug-likeness (QED) is 0.885. The number of aryl methyl sites for hydroxylation is 1. The molecule has 2 rings (SSSR count). The van der Waals surface area contributed by atoms with Crippen molar-refractivity contribution >= 4 is 11.6 Å². The van der Waals surface area contributed by atoms with Crippen LogP contribution in [0.4, 0.5) is 5.69 Å². The second kappa shape index (κ2) is 5.42.